The molecule has 34 heavy (non-hydrogen) atoms. The number of hydrogen-bond donors (Lipinski definition) is 1. The maximum absolute atomic E-state index is 14.6. The molecule has 0 saturated heterocycles. The van der Waals surface area contributed by atoms with E-state index in [1.165, 1.54) is 6.07 Å². The summed E-state index contributed by atoms with van der Waals surface area (Å²) in [6, 6.07) is 33.3. The largest absolute Gasteiger partial charge is 0.342 e. The molecule has 0 saturated carbocycles. The highest BCUT2D eigenvalue weighted by molar-refractivity contribution is 5.94. The molecular weight excluding hydrogens is 425 g/mol. The third kappa shape index (κ3) is 4.59. The molecule has 1 aromatic heterocycles. The Labute approximate surface area is 197 Å². The Balaban J connectivity index is 1.59. The fourth-order valence-electron chi connectivity index (χ4n) is 4.21. The summed E-state index contributed by atoms with van der Waals surface area (Å²) in [5, 5.41) is 3.18. The fourth-order valence-corrected chi connectivity index (χ4v) is 4.21. The van der Waals surface area contributed by atoms with E-state index in [2.05, 4.69) is 5.32 Å². The van der Waals surface area contributed by atoms with Gasteiger partial charge < -0.3 is 9.88 Å². The van der Waals surface area contributed by atoms with Crippen LogP contribution in [0.5, 0.6) is 0 Å². The van der Waals surface area contributed by atoms with E-state index in [0.29, 0.717) is 29.9 Å². The molecule has 1 amide bonds. The second-order valence-corrected chi connectivity index (χ2v) is 8.22. The van der Waals surface area contributed by atoms with Crippen molar-refractivity contribution in [1.29, 1.82) is 0 Å². The zero-order valence-corrected chi connectivity index (χ0v) is 18.6. The van der Waals surface area contributed by atoms with Crippen LogP contribution in [0.4, 0.5) is 4.39 Å². The molecule has 0 spiro atoms. The van der Waals surface area contributed by atoms with E-state index in [0.717, 1.165) is 16.6 Å². The Morgan fingerprint density at radius 2 is 1.47 bits per heavy atom. The number of nitrogens with one attached hydrogen (secondary N) is 1. The summed E-state index contributed by atoms with van der Waals surface area (Å²) in [6.07, 6.45) is 0.556. The van der Waals surface area contributed by atoms with Gasteiger partial charge in [0.05, 0.1) is 23.6 Å². The van der Waals surface area contributed by atoms with Gasteiger partial charge in [0, 0.05) is 11.1 Å². The average Bonchev–Trinajstić information content (AvgIpc) is 3.24. The minimum atomic E-state index is -0.408. The summed E-state index contributed by atoms with van der Waals surface area (Å²) >= 11 is 0. The Hall–Kier alpha value is -4.25. The van der Waals surface area contributed by atoms with Crippen LogP contribution in [0.3, 0.4) is 0 Å². The second kappa shape index (κ2) is 9.71. The van der Waals surface area contributed by atoms with Crippen molar-refractivity contribution in [3.05, 3.63) is 138 Å². The number of carbonyl (C=O) groups excluding carboxylic acids is 1. The number of fused-ring (bicyclic) bond motifs is 1. The molecule has 0 bridgehead atoms. The summed E-state index contributed by atoms with van der Waals surface area (Å²) in [4.78, 5) is 18.1. The standard InChI is InChI=1S/C29H24FN3O/c30-24-16-8-7-15-23(24)20-33-27-18-10-9-17-25(27)31-28(33)26(19-21-11-3-1-4-12-21)32-29(34)22-13-5-2-6-14-22/h1-18,26H,19-20H2,(H,32,34)/t26-/m1/s1. The summed E-state index contributed by atoms with van der Waals surface area (Å²) in [5.74, 6) is 0.253. The van der Waals surface area contributed by atoms with Gasteiger partial charge in [0.1, 0.15) is 11.6 Å². The van der Waals surface area contributed by atoms with Crippen molar-refractivity contribution in [3.63, 3.8) is 0 Å². The van der Waals surface area contributed by atoms with Crippen LogP contribution < -0.4 is 5.32 Å². The number of nitrogens with zero attached hydrogens (tertiary/aromatic N) is 2. The molecule has 1 heterocycles. The van der Waals surface area contributed by atoms with Crippen LogP contribution in [0.2, 0.25) is 0 Å². The van der Waals surface area contributed by atoms with Crippen LogP contribution in [0.15, 0.2) is 109 Å². The lowest BCUT2D eigenvalue weighted by Crippen LogP contribution is -2.32. The molecular formula is C29H24FN3O. The molecule has 1 N–H and O–H groups in total. The van der Waals surface area contributed by atoms with Crippen molar-refractivity contribution in [1.82, 2.24) is 14.9 Å². The molecule has 1 atom stereocenters. The first-order valence-corrected chi connectivity index (χ1v) is 11.3. The smallest absolute Gasteiger partial charge is 0.251 e. The van der Waals surface area contributed by atoms with Gasteiger partial charge in [-0.25, -0.2) is 9.37 Å². The first-order chi connectivity index (χ1) is 16.7. The van der Waals surface area contributed by atoms with Crippen LogP contribution in [0.25, 0.3) is 11.0 Å². The van der Waals surface area contributed by atoms with Crippen molar-refractivity contribution in [2.75, 3.05) is 0 Å². The van der Waals surface area contributed by atoms with Crippen LogP contribution in [-0.4, -0.2) is 15.5 Å². The van der Waals surface area contributed by atoms with Gasteiger partial charge in [-0.2, -0.15) is 0 Å². The molecule has 0 aliphatic rings. The van der Waals surface area contributed by atoms with Crippen molar-refractivity contribution in [3.8, 4) is 0 Å². The number of benzene rings is 4. The summed E-state index contributed by atoms with van der Waals surface area (Å²) in [6.45, 7) is 0.315. The van der Waals surface area contributed by atoms with Gasteiger partial charge in [-0.05, 0) is 42.3 Å². The molecule has 0 fully saturated rings. The molecule has 4 aromatic carbocycles. The second-order valence-electron chi connectivity index (χ2n) is 8.22. The monoisotopic (exact) mass is 449 g/mol. The summed E-state index contributed by atoms with van der Waals surface area (Å²) in [7, 11) is 0. The van der Waals surface area contributed by atoms with Crippen LogP contribution in [0, 0.1) is 5.82 Å². The maximum atomic E-state index is 14.6. The van der Waals surface area contributed by atoms with Gasteiger partial charge >= 0.3 is 0 Å². The van der Waals surface area contributed by atoms with Crippen molar-refractivity contribution in [2.45, 2.75) is 19.0 Å². The number of amides is 1. The number of imidazole rings is 1. The van der Waals surface area contributed by atoms with E-state index < -0.39 is 6.04 Å². The summed E-state index contributed by atoms with van der Waals surface area (Å²) in [5.41, 5.74) is 3.93. The Morgan fingerprint density at radius 3 is 2.24 bits per heavy atom. The normalized spacial score (nSPS) is 11.9. The zero-order valence-electron chi connectivity index (χ0n) is 18.6. The molecule has 168 valence electrons. The van der Waals surface area contributed by atoms with Gasteiger partial charge in [-0.3, -0.25) is 4.79 Å². The maximum Gasteiger partial charge on any atom is 0.251 e. The molecule has 5 heteroatoms. The van der Waals surface area contributed by atoms with Crippen LogP contribution in [-0.2, 0) is 13.0 Å². The van der Waals surface area contributed by atoms with Crippen molar-refractivity contribution < 1.29 is 9.18 Å². The van der Waals surface area contributed by atoms with Gasteiger partial charge in [0.2, 0.25) is 0 Å². The SMILES string of the molecule is O=C(N[C@H](Cc1ccccc1)c1nc2ccccc2n1Cc1ccccc1F)c1ccccc1. The van der Waals surface area contributed by atoms with E-state index in [-0.39, 0.29) is 11.7 Å². The highest BCUT2D eigenvalue weighted by atomic mass is 19.1. The van der Waals surface area contributed by atoms with Crippen molar-refractivity contribution in [2.24, 2.45) is 0 Å². The first kappa shape index (κ1) is 21.6. The van der Waals surface area contributed by atoms with Gasteiger partial charge in [-0.15, -0.1) is 0 Å². The molecule has 4 nitrogen and oxygen atoms in total. The van der Waals surface area contributed by atoms with Gasteiger partial charge in [-0.1, -0.05) is 78.9 Å². The molecule has 0 unspecified atom stereocenters. The highest BCUT2D eigenvalue weighted by Crippen LogP contribution is 2.26. The number of para-hydroxylation sites is 2. The Bertz CT molecular complexity index is 1410. The van der Waals surface area contributed by atoms with E-state index in [9.17, 15) is 9.18 Å². The number of aromatic nitrogens is 2. The predicted octanol–water partition coefficient (Wildman–Crippen LogP) is 5.94. The molecule has 5 aromatic rings. The minimum absolute atomic E-state index is 0.175. The lowest BCUT2D eigenvalue weighted by atomic mass is 10.0. The third-order valence-electron chi connectivity index (χ3n) is 5.91. The molecule has 0 aliphatic carbocycles. The van der Waals surface area contributed by atoms with Gasteiger partial charge in [0.25, 0.3) is 5.91 Å². The highest BCUT2D eigenvalue weighted by Gasteiger charge is 2.24. The Morgan fingerprint density at radius 1 is 0.824 bits per heavy atom. The first-order valence-electron chi connectivity index (χ1n) is 11.3. The third-order valence-corrected chi connectivity index (χ3v) is 5.91. The molecule has 5 rings (SSSR count). The average molecular weight is 450 g/mol. The summed E-state index contributed by atoms with van der Waals surface area (Å²) < 4.78 is 16.6. The van der Waals surface area contributed by atoms with E-state index in [4.69, 9.17) is 4.98 Å². The van der Waals surface area contributed by atoms with E-state index >= 15 is 0 Å². The number of halogens is 1. The molecule has 0 aliphatic heterocycles. The lowest BCUT2D eigenvalue weighted by molar-refractivity contribution is 0.0934. The van der Waals surface area contributed by atoms with Crippen LogP contribution >= 0.6 is 0 Å². The lowest BCUT2D eigenvalue weighted by Gasteiger charge is -2.21. The minimum Gasteiger partial charge on any atom is -0.342 e. The zero-order chi connectivity index (χ0) is 23.3. The van der Waals surface area contributed by atoms with Crippen molar-refractivity contribution >= 4 is 16.9 Å². The number of carbonyl (C=O) groups is 1. The van der Waals surface area contributed by atoms with E-state index in [1.54, 1.807) is 24.3 Å². The van der Waals surface area contributed by atoms with E-state index in [1.807, 2.05) is 83.4 Å². The topological polar surface area (TPSA) is 46.9 Å². The fraction of sp³-hybridized carbons (Fsp3) is 0.103. The predicted molar refractivity (Wildman–Crippen MR) is 132 cm³/mol. The Kier molecular flexibility index (Phi) is 6.17. The number of hydrogen-bond acceptors (Lipinski definition) is 2. The molecule has 0 radical (unpaired) electrons. The van der Waals surface area contributed by atoms with Crippen LogP contribution in [0.1, 0.15) is 33.4 Å². The van der Waals surface area contributed by atoms with Gasteiger partial charge in [0.15, 0.2) is 0 Å². The quantitative estimate of drug-likeness (QED) is 0.334. The number of rotatable bonds is 7.